The van der Waals surface area contributed by atoms with Crippen LogP contribution >= 0.6 is 22.7 Å². The third-order valence-electron chi connectivity index (χ3n) is 5.42. The maximum Gasteiger partial charge on any atom is 0.261 e. The van der Waals surface area contributed by atoms with Crippen molar-refractivity contribution < 1.29 is 4.79 Å². The fourth-order valence-corrected chi connectivity index (χ4v) is 5.51. The molecule has 1 amide bonds. The number of benzene rings is 1. The number of hydrogen-bond acceptors (Lipinski definition) is 7. The molecule has 4 aromatic rings. The summed E-state index contributed by atoms with van der Waals surface area (Å²) in [7, 11) is 2.14. The highest BCUT2D eigenvalue weighted by Crippen LogP contribution is 2.34. The second-order valence-corrected chi connectivity index (χ2v) is 9.76. The van der Waals surface area contributed by atoms with Crippen molar-refractivity contribution >= 4 is 44.6 Å². The summed E-state index contributed by atoms with van der Waals surface area (Å²) in [6, 6.07) is 16.0. The molecule has 31 heavy (non-hydrogen) atoms. The molecule has 158 valence electrons. The number of thiazole rings is 1. The molecule has 1 saturated heterocycles. The van der Waals surface area contributed by atoms with E-state index in [1.54, 1.807) is 11.3 Å². The van der Waals surface area contributed by atoms with Crippen LogP contribution in [0.15, 0.2) is 54.7 Å². The van der Waals surface area contributed by atoms with Crippen molar-refractivity contribution in [1.82, 2.24) is 20.2 Å². The van der Waals surface area contributed by atoms with Gasteiger partial charge in [0.2, 0.25) is 0 Å². The van der Waals surface area contributed by atoms with E-state index in [1.165, 1.54) is 11.3 Å². The molecular weight excluding hydrogens is 426 g/mol. The van der Waals surface area contributed by atoms with E-state index in [0.717, 1.165) is 57.7 Å². The summed E-state index contributed by atoms with van der Waals surface area (Å²) in [5.74, 6) is 0.933. The van der Waals surface area contributed by atoms with Gasteiger partial charge < -0.3 is 15.1 Å². The number of para-hydroxylation sites is 1. The number of pyridine rings is 1. The van der Waals surface area contributed by atoms with Crippen molar-refractivity contribution in [2.45, 2.75) is 6.54 Å². The Morgan fingerprint density at radius 2 is 1.87 bits per heavy atom. The van der Waals surface area contributed by atoms with E-state index in [1.807, 2.05) is 48.7 Å². The number of nitrogens with one attached hydrogen (secondary N) is 1. The van der Waals surface area contributed by atoms with Crippen LogP contribution in [0, 0.1) is 0 Å². The lowest BCUT2D eigenvalue weighted by atomic mass is 10.2. The molecule has 1 aliphatic rings. The molecule has 4 heterocycles. The van der Waals surface area contributed by atoms with Gasteiger partial charge in [0, 0.05) is 38.9 Å². The number of thiophene rings is 1. The second kappa shape index (κ2) is 8.74. The molecule has 1 N–H and O–H groups in total. The van der Waals surface area contributed by atoms with E-state index < -0.39 is 0 Å². The third-order valence-corrected chi connectivity index (χ3v) is 7.71. The summed E-state index contributed by atoms with van der Waals surface area (Å²) in [6.45, 7) is 4.56. The van der Waals surface area contributed by atoms with Crippen molar-refractivity contribution in [1.29, 1.82) is 0 Å². The number of carbonyl (C=O) groups excluding carboxylic acids is 1. The Kier molecular flexibility index (Phi) is 5.67. The summed E-state index contributed by atoms with van der Waals surface area (Å²) in [5.41, 5.74) is 1.99. The van der Waals surface area contributed by atoms with E-state index >= 15 is 0 Å². The number of fused-ring (bicyclic) bond motifs is 1. The van der Waals surface area contributed by atoms with Gasteiger partial charge in [0.05, 0.1) is 20.0 Å². The number of rotatable bonds is 5. The fourth-order valence-electron chi connectivity index (χ4n) is 3.57. The summed E-state index contributed by atoms with van der Waals surface area (Å²) in [4.78, 5) is 28.2. The summed E-state index contributed by atoms with van der Waals surface area (Å²) in [6.07, 6.45) is 1.86. The minimum absolute atomic E-state index is 0.0690. The van der Waals surface area contributed by atoms with Crippen LogP contribution in [-0.4, -0.2) is 54.0 Å². The summed E-state index contributed by atoms with van der Waals surface area (Å²) in [5, 5.41) is 3.96. The Labute approximate surface area is 189 Å². The van der Waals surface area contributed by atoms with Gasteiger partial charge in [-0.2, -0.15) is 0 Å². The Morgan fingerprint density at radius 1 is 1.03 bits per heavy atom. The maximum atomic E-state index is 12.6. The minimum Gasteiger partial charge on any atom is -0.354 e. The van der Waals surface area contributed by atoms with Gasteiger partial charge in [0.15, 0.2) is 0 Å². The van der Waals surface area contributed by atoms with Crippen LogP contribution in [0.1, 0.15) is 15.2 Å². The van der Waals surface area contributed by atoms with E-state index in [-0.39, 0.29) is 5.91 Å². The molecule has 5 rings (SSSR count). The number of hydrogen-bond donors (Lipinski definition) is 1. The fraction of sp³-hybridized carbons (Fsp3) is 0.261. The molecule has 1 fully saturated rings. The lowest BCUT2D eigenvalue weighted by molar-refractivity contribution is 0.0955. The third kappa shape index (κ3) is 4.46. The summed E-state index contributed by atoms with van der Waals surface area (Å²) < 4.78 is 1.16. The van der Waals surface area contributed by atoms with Crippen molar-refractivity contribution in [2.75, 3.05) is 38.1 Å². The van der Waals surface area contributed by atoms with Gasteiger partial charge in [-0.3, -0.25) is 4.79 Å². The van der Waals surface area contributed by atoms with Crippen LogP contribution < -0.4 is 10.2 Å². The van der Waals surface area contributed by atoms with Crippen LogP contribution in [-0.2, 0) is 6.54 Å². The predicted molar refractivity (Wildman–Crippen MR) is 128 cm³/mol. The first-order valence-electron chi connectivity index (χ1n) is 10.3. The van der Waals surface area contributed by atoms with E-state index in [4.69, 9.17) is 0 Å². The Hall–Kier alpha value is -2.81. The summed E-state index contributed by atoms with van der Waals surface area (Å²) >= 11 is 3.13. The molecule has 8 heteroatoms. The topological polar surface area (TPSA) is 61.4 Å². The highest BCUT2D eigenvalue weighted by Gasteiger charge is 2.16. The number of amides is 1. The lowest BCUT2D eigenvalue weighted by Gasteiger charge is -2.33. The van der Waals surface area contributed by atoms with Gasteiger partial charge in [-0.15, -0.1) is 22.7 Å². The van der Waals surface area contributed by atoms with Crippen LogP contribution in [0.25, 0.3) is 20.1 Å². The molecule has 0 saturated carbocycles. The standard InChI is InChI=1S/C23H23N5OS2/c1-27-10-12-28(13-11-27)21-9-6-16(14-24-21)15-25-22(29)19-7-8-20(30-19)23-26-17-4-2-3-5-18(17)31-23/h2-9,14H,10-13,15H2,1H3,(H,25,29). The zero-order valence-electron chi connectivity index (χ0n) is 17.2. The Bertz CT molecular complexity index is 1160. The molecule has 0 atom stereocenters. The first kappa shape index (κ1) is 20.1. The molecule has 6 nitrogen and oxygen atoms in total. The quantitative estimate of drug-likeness (QED) is 0.497. The van der Waals surface area contributed by atoms with Crippen molar-refractivity contribution in [2.24, 2.45) is 0 Å². The SMILES string of the molecule is CN1CCN(c2ccc(CNC(=O)c3ccc(-c4nc5ccccc5s4)s3)cn2)CC1. The molecule has 0 spiro atoms. The number of aromatic nitrogens is 2. The zero-order chi connectivity index (χ0) is 21.2. The van der Waals surface area contributed by atoms with E-state index in [2.05, 4.69) is 38.2 Å². The normalized spacial score (nSPS) is 14.8. The van der Waals surface area contributed by atoms with E-state index in [9.17, 15) is 4.79 Å². The monoisotopic (exact) mass is 449 g/mol. The predicted octanol–water partition coefficient (Wildman–Crippen LogP) is 4.10. The molecular formula is C23H23N5OS2. The largest absolute Gasteiger partial charge is 0.354 e. The average Bonchev–Trinajstić information content (AvgIpc) is 3.46. The van der Waals surface area contributed by atoms with Crippen molar-refractivity contribution in [3.63, 3.8) is 0 Å². The number of anilines is 1. The van der Waals surface area contributed by atoms with Gasteiger partial charge >= 0.3 is 0 Å². The van der Waals surface area contributed by atoms with Crippen LogP contribution in [0.2, 0.25) is 0 Å². The second-order valence-electron chi connectivity index (χ2n) is 7.65. The van der Waals surface area contributed by atoms with Crippen LogP contribution in [0.4, 0.5) is 5.82 Å². The molecule has 0 bridgehead atoms. The lowest BCUT2D eigenvalue weighted by Crippen LogP contribution is -2.44. The zero-order valence-corrected chi connectivity index (χ0v) is 18.9. The van der Waals surface area contributed by atoms with E-state index in [0.29, 0.717) is 11.4 Å². The minimum atomic E-state index is -0.0690. The molecule has 3 aromatic heterocycles. The average molecular weight is 450 g/mol. The molecule has 0 aliphatic carbocycles. The number of carbonyl (C=O) groups is 1. The van der Waals surface area contributed by atoms with Gasteiger partial charge in [0.1, 0.15) is 10.8 Å². The Morgan fingerprint density at radius 3 is 2.65 bits per heavy atom. The molecule has 1 aromatic carbocycles. The van der Waals surface area contributed by atoms with Crippen LogP contribution in [0.3, 0.4) is 0 Å². The van der Waals surface area contributed by atoms with Gasteiger partial charge in [0.25, 0.3) is 5.91 Å². The van der Waals surface area contributed by atoms with Crippen molar-refractivity contribution in [3.05, 3.63) is 65.2 Å². The van der Waals surface area contributed by atoms with Gasteiger partial charge in [-0.1, -0.05) is 18.2 Å². The highest BCUT2D eigenvalue weighted by molar-refractivity contribution is 7.26. The smallest absolute Gasteiger partial charge is 0.261 e. The van der Waals surface area contributed by atoms with Crippen molar-refractivity contribution in [3.8, 4) is 9.88 Å². The van der Waals surface area contributed by atoms with Gasteiger partial charge in [-0.05, 0) is 42.9 Å². The first-order valence-corrected chi connectivity index (χ1v) is 11.9. The number of nitrogens with zero attached hydrogens (tertiary/aromatic N) is 4. The molecule has 0 unspecified atom stereocenters. The number of piperazine rings is 1. The highest BCUT2D eigenvalue weighted by atomic mass is 32.1. The maximum absolute atomic E-state index is 12.6. The first-order chi connectivity index (χ1) is 15.2. The number of likely N-dealkylation sites (N-methyl/N-ethyl adjacent to an activating group) is 1. The Balaban J connectivity index is 1.20. The molecule has 1 aliphatic heterocycles. The van der Waals surface area contributed by atoms with Crippen LogP contribution in [0.5, 0.6) is 0 Å². The van der Waals surface area contributed by atoms with Gasteiger partial charge in [-0.25, -0.2) is 9.97 Å². The molecule has 0 radical (unpaired) electrons.